The summed E-state index contributed by atoms with van der Waals surface area (Å²) in [4.78, 5) is 37.4. The fourth-order valence-corrected chi connectivity index (χ4v) is 3.33. The SMILES string of the molecule is O=C(COC(=O)[C@H]1CC(=O)N(c2ccccc2F)C1)NCCc1cccc(Cl)c1. The average molecular weight is 419 g/mol. The number of carbonyl (C=O) groups excluding carboxylic acids is 3. The number of esters is 1. The zero-order valence-electron chi connectivity index (χ0n) is 15.6. The number of benzene rings is 2. The number of hydrogen-bond acceptors (Lipinski definition) is 4. The Balaban J connectivity index is 1.43. The smallest absolute Gasteiger partial charge is 0.311 e. The molecule has 0 aliphatic carbocycles. The predicted molar refractivity (Wildman–Crippen MR) is 106 cm³/mol. The van der Waals surface area contributed by atoms with Crippen molar-refractivity contribution in [1.29, 1.82) is 0 Å². The second-order valence-electron chi connectivity index (χ2n) is 6.69. The van der Waals surface area contributed by atoms with Crippen LogP contribution in [0.1, 0.15) is 12.0 Å². The highest BCUT2D eigenvalue weighted by Gasteiger charge is 2.37. The third-order valence-corrected chi connectivity index (χ3v) is 4.81. The molecule has 1 saturated heterocycles. The first-order valence-electron chi connectivity index (χ1n) is 9.16. The number of ether oxygens (including phenoxy) is 1. The summed E-state index contributed by atoms with van der Waals surface area (Å²) in [6, 6.07) is 13.2. The summed E-state index contributed by atoms with van der Waals surface area (Å²) in [5.74, 6) is -2.71. The molecule has 0 spiro atoms. The highest BCUT2D eigenvalue weighted by atomic mass is 35.5. The Kier molecular flexibility index (Phi) is 6.82. The Morgan fingerprint density at radius 2 is 2.00 bits per heavy atom. The predicted octanol–water partition coefficient (Wildman–Crippen LogP) is 2.73. The molecule has 1 fully saturated rings. The van der Waals surface area contributed by atoms with Crippen molar-refractivity contribution in [3.8, 4) is 0 Å². The van der Waals surface area contributed by atoms with Gasteiger partial charge in [-0.3, -0.25) is 14.4 Å². The van der Waals surface area contributed by atoms with Crippen LogP contribution in [0.3, 0.4) is 0 Å². The maximum Gasteiger partial charge on any atom is 0.311 e. The second kappa shape index (κ2) is 9.52. The lowest BCUT2D eigenvalue weighted by molar-refractivity contribution is -0.152. The van der Waals surface area contributed by atoms with Gasteiger partial charge in [-0.2, -0.15) is 0 Å². The molecule has 8 heteroatoms. The molecule has 1 aliphatic heterocycles. The molecule has 1 heterocycles. The van der Waals surface area contributed by atoms with Gasteiger partial charge in [-0.15, -0.1) is 0 Å². The minimum absolute atomic E-state index is 0.0228. The molecular formula is C21H20ClFN2O4. The third kappa shape index (κ3) is 5.54. The first-order chi connectivity index (χ1) is 13.9. The van der Waals surface area contributed by atoms with E-state index in [9.17, 15) is 18.8 Å². The molecule has 2 aromatic rings. The van der Waals surface area contributed by atoms with E-state index in [1.165, 1.54) is 23.1 Å². The number of hydrogen-bond donors (Lipinski definition) is 1. The Hall–Kier alpha value is -2.93. The maximum atomic E-state index is 13.9. The lowest BCUT2D eigenvalue weighted by Crippen LogP contribution is -2.32. The standard InChI is InChI=1S/C21H20ClFN2O4/c22-16-5-3-4-14(10-16)8-9-24-19(26)13-29-21(28)15-11-20(27)25(12-15)18-7-2-1-6-17(18)23/h1-7,10,15H,8-9,11-13H2,(H,24,26)/t15-/m0/s1. The van der Waals surface area contributed by atoms with Gasteiger partial charge in [-0.1, -0.05) is 35.9 Å². The lowest BCUT2D eigenvalue weighted by atomic mass is 10.1. The van der Waals surface area contributed by atoms with E-state index >= 15 is 0 Å². The first-order valence-corrected chi connectivity index (χ1v) is 9.54. The summed E-state index contributed by atoms with van der Waals surface area (Å²) in [5, 5.41) is 3.28. The van der Waals surface area contributed by atoms with E-state index in [2.05, 4.69) is 5.32 Å². The molecule has 1 aliphatic rings. The van der Waals surface area contributed by atoms with Crippen molar-refractivity contribution >= 4 is 35.1 Å². The molecule has 1 atom stereocenters. The number of anilines is 1. The number of amides is 2. The Bertz CT molecular complexity index is 921. The number of para-hydroxylation sites is 1. The molecule has 0 unspecified atom stereocenters. The number of halogens is 2. The van der Waals surface area contributed by atoms with Crippen LogP contribution in [0.2, 0.25) is 5.02 Å². The average Bonchev–Trinajstić information content (AvgIpc) is 3.08. The van der Waals surface area contributed by atoms with Crippen LogP contribution in [-0.2, 0) is 25.5 Å². The minimum Gasteiger partial charge on any atom is -0.455 e. The van der Waals surface area contributed by atoms with Crippen molar-refractivity contribution in [2.24, 2.45) is 5.92 Å². The van der Waals surface area contributed by atoms with Crippen molar-refractivity contribution in [1.82, 2.24) is 5.32 Å². The third-order valence-electron chi connectivity index (χ3n) is 4.57. The Morgan fingerprint density at radius 3 is 2.76 bits per heavy atom. The van der Waals surface area contributed by atoms with Gasteiger partial charge in [-0.05, 0) is 36.2 Å². The molecule has 0 aromatic heterocycles. The Morgan fingerprint density at radius 1 is 1.21 bits per heavy atom. The fraction of sp³-hybridized carbons (Fsp3) is 0.286. The number of carbonyl (C=O) groups is 3. The van der Waals surface area contributed by atoms with Crippen molar-refractivity contribution in [3.05, 3.63) is 64.9 Å². The molecule has 2 amide bonds. The summed E-state index contributed by atoms with van der Waals surface area (Å²) >= 11 is 5.91. The summed E-state index contributed by atoms with van der Waals surface area (Å²) in [5.41, 5.74) is 1.11. The summed E-state index contributed by atoms with van der Waals surface area (Å²) < 4.78 is 18.9. The molecule has 3 rings (SSSR count). The minimum atomic E-state index is -0.735. The van der Waals surface area contributed by atoms with Crippen LogP contribution in [0.4, 0.5) is 10.1 Å². The van der Waals surface area contributed by atoms with Crippen LogP contribution in [0, 0.1) is 11.7 Å². The summed E-state index contributed by atoms with van der Waals surface area (Å²) in [6.45, 7) is -0.0343. The van der Waals surface area contributed by atoms with Gasteiger partial charge in [0.15, 0.2) is 6.61 Å². The van der Waals surface area contributed by atoms with E-state index < -0.39 is 30.2 Å². The monoisotopic (exact) mass is 418 g/mol. The molecule has 0 radical (unpaired) electrons. The molecule has 2 aromatic carbocycles. The summed E-state index contributed by atoms with van der Waals surface area (Å²) in [7, 11) is 0. The largest absolute Gasteiger partial charge is 0.455 e. The molecule has 0 saturated carbocycles. The van der Waals surface area contributed by atoms with Crippen LogP contribution < -0.4 is 10.2 Å². The zero-order chi connectivity index (χ0) is 20.8. The number of nitrogens with zero attached hydrogens (tertiary/aromatic N) is 1. The highest BCUT2D eigenvalue weighted by Crippen LogP contribution is 2.27. The fourth-order valence-electron chi connectivity index (χ4n) is 3.11. The highest BCUT2D eigenvalue weighted by molar-refractivity contribution is 6.30. The molecule has 0 bridgehead atoms. The quantitative estimate of drug-likeness (QED) is 0.701. The van der Waals surface area contributed by atoms with E-state index in [1.807, 2.05) is 18.2 Å². The van der Waals surface area contributed by atoms with Crippen LogP contribution in [0.15, 0.2) is 48.5 Å². The maximum absolute atomic E-state index is 13.9. The zero-order valence-corrected chi connectivity index (χ0v) is 16.3. The number of rotatable bonds is 7. The molecular weight excluding hydrogens is 399 g/mol. The van der Waals surface area contributed by atoms with Crippen molar-refractivity contribution in [2.45, 2.75) is 12.8 Å². The van der Waals surface area contributed by atoms with Crippen LogP contribution in [0.25, 0.3) is 0 Å². The van der Waals surface area contributed by atoms with Crippen LogP contribution >= 0.6 is 11.6 Å². The van der Waals surface area contributed by atoms with Crippen molar-refractivity contribution in [3.63, 3.8) is 0 Å². The molecule has 29 heavy (non-hydrogen) atoms. The van der Waals surface area contributed by atoms with E-state index in [1.54, 1.807) is 12.1 Å². The van der Waals surface area contributed by atoms with E-state index in [-0.39, 0.29) is 24.6 Å². The van der Waals surface area contributed by atoms with Gasteiger partial charge in [-0.25, -0.2) is 4.39 Å². The van der Waals surface area contributed by atoms with Gasteiger partial charge in [0.2, 0.25) is 5.91 Å². The van der Waals surface area contributed by atoms with Gasteiger partial charge in [0.05, 0.1) is 11.6 Å². The topological polar surface area (TPSA) is 75.7 Å². The van der Waals surface area contributed by atoms with Crippen molar-refractivity contribution < 1.29 is 23.5 Å². The van der Waals surface area contributed by atoms with Gasteiger partial charge in [0, 0.05) is 24.5 Å². The van der Waals surface area contributed by atoms with Crippen LogP contribution in [-0.4, -0.2) is 37.5 Å². The normalized spacial score (nSPS) is 16.0. The molecule has 152 valence electrons. The summed E-state index contributed by atoms with van der Waals surface area (Å²) in [6.07, 6.45) is 0.512. The van der Waals surface area contributed by atoms with Crippen LogP contribution in [0.5, 0.6) is 0 Å². The van der Waals surface area contributed by atoms with Gasteiger partial charge >= 0.3 is 5.97 Å². The van der Waals surface area contributed by atoms with E-state index in [0.29, 0.717) is 18.0 Å². The lowest BCUT2D eigenvalue weighted by Gasteiger charge is -2.17. The molecule has 1 N–H and O–H groups in total. The first kappa shape index (κ1) is 20.8. The van der Waals surface area contributed by atoms with Gasteiger partial charge < -0.3 is 15.0 Å². The van der Waals surface area contributed by atoms with E-state index in [0.717, 1.165) is 5.56 Å². The van der Waals surface area contributed by atoms with E-state index in [4.69, 9.17) is 16.3 Å². The van der Waals surface area contributed by atoms with Gasteiger partial charge in [0.1, 0.15) is 5.82 Å². The second-order valence-corrected chi connectivity index (χ2v) is 7.13. The van der Waals surface area contributed by atoms with Gasteiger partial charge in [0.25, 0.3) is 5.91 Å². The number of nitrogens with one attached hydrogen (secondary N) is 1. The Labute approximate surface area is 172 Å². The van der Waals surface area contributed by atoms with Crippen molar-refractivity contribution in [2.75, 3.05) is 24.6 Å². The molecule has 6 nitrogen and oxygen atoms in total.